The number of nitrogens with one attached hydrogen (secondary N) is 2. The van der Waals surface area contributed by atoms with Gasteiger partial charge in [-0.25, -0.2) is 14.4 Å². The molecule has 1 amide bonds. The third-order valence-corrected chi connectivity index (χ3v) is 2.73. The summed E-state index contributed by atoms with van der Waals surface area (Å²) < 4.78 is 13.1. The number of thiocarbonyl (C=S) groups is 1. The second-order valence-corrected chi connectivity index (χ2v) is 4.80. The van der Waals surface area contributed by atoms with Gasteiger partial charge in [-0.1, -0.05) is 6.07 Å². The van der Waals surface area contributed by atoms with Gasteiger partial charge in [-0.05, 0) is 50.3 Å². The average molecular weight is 304 g/mol. The van der Waals surface area contributed by atoms with Crippen LogP contribution in [0.15, 0.2) is 30.3 Å². The Morgan fingerprint density at radius 3 is 2.48 bits per heavy atom. The summed E-state index contributed by atoms with van der Waals surface area (Å²) in [6.07, 6.45) is 0. The maximum atomic E-state index is 13.1. The monoisotopic (exact) mass is 304 g/mol. The summed E-state index contributed by atoms with van der Waals surface area (Å²) in [7, 11) is 0. The van der Waals surface area contributed by atoms with Gasteiger partial charge in [-0.15, -0.1) is 0 Å². The van der Waals surface area contributed by atoms with E-state index in [4.69, 9.17) is 12.2 Å². The van der Waals surface area contributed by atoms with E-state index in [9.17, 15) is 9.18 Å². The van der Waals surface area contributed by atoms with Gasteiger partial charge in [0.05, 0.1) is 0 Å². The molecule has 0 unspecified atom stereocenters. The van der Waals surface area contributed by atoms with E-state index in [2.05, 4.69) is 20.6 Å². The molecular formula is C14H13FN4OS. The first kappa shape index (κ1) is 15.0. The minimum absolute atomic E-state index is 0.0502. The molecule has 108 valence electrons. The lowest BCUT2D eigenvalue weighted by Crippen LogP contribution is -2.34. The van der Waals surface area contributed by atoms with Crippen LogP contribution >= 0.6 is 12.2 Å². The molecule has 0 bridgehead atoms. The van der Waals surface area contributed by atoms with E-state index in [0.29, 0.717) is 5.95 Å². The van der Waals surface area contributed by atoms with Crippen LogP contribution < -0.4 is 10.6 Å². The zero-order chi connectivity index (χ0) is 15.4. The van der Waals surface area contributed by atoms with E-state index < -0.39 is 11.7 Å². The second-order valence-electron chi connectivity index (χ2n) is 4.39. The third kappa shape index (κ3) is 4.28. The Hall–Kier alpha value is -2.41. The molecule has 0 aliphatic heterocycles. The van der Waals surface area contributed by atoms with Crippen molar-refractivity contribution in [3.63, 3.8) is 0 Å². The van der Waals surface area contributed by atoms with E-state index in [1.54, 1.807) is 0 Å². The quantitative estimate of drug-likeness (QED) is 0.834. The number of nitrogens with zero attached hydrogens (tertiary/aromatic N) is 2. The number of carbonyl (C=O) groups excluding carboxylic acids is 1. The van der Waals surface area contributed by atoms with Gasteiger partial charge in [0.1, 0.15) is 5.82 Å². The molecule has 0 spiro atoms. The van der Waals surface area contributed by atoms with Crippen LogP contribution in [0.5, 0.6) is 0 Å². The van der Waals surface area contributed by atoms with Crippen molar-refractivity contribution in [3.8, 4) is 0 Å². The predicted molar refractivity (Wildman–Crippen MR) is 81.6 cm³/mol. The molecule has 2 rings (SSSR count). The van der Waals surface area contributed by atoms with Crippen LogP contribution in [0.1, 0.15) is 21.7 Å². The van der Waals surface area contributed by atoms with Crippen LogP contribution in [0.2, 0.25) is 0 Å². The van der Waals surface area contributed by atoms with Crippen molar-refractivity contribution in [3.05, 3.63) is 53.1 Å². The van der Waals surface area contributed by atoms with Crippen molar-refractivity contribution >= 4 is 29.2 Å². The summed E-state index contributed by atoms with van der Waals surface area (Å²) in [6, 6.07) is 7.16. The molecule has 0 fully saturated rings. The molecule has 0 atom stereocenters. The van der Waals surface area contributed by atoms with Crippen LogP contribution in [-0.4, -0.2) is 21.0 Å². The molecule has 0 aliphatic rings. The molecule has 0 radical (unpaired) electrons. The number of carbonyl (C=O) groups is 1. The van der Waals surface area contributed by atoms with Gasteiger partial charge in [0.25, 0.3) is 5.91 Å². The van der Waals surface area contributed by atoms with Crippen LogP contribution in [0.3, 0.4) is 0 Å². The lowest BCUT2D eigenvalue weighted by Gasteiger charge is -2.09. The number of hydrogen-bond acceptors (Lipinski definition) is 4. The third-order valence-electron chi connectivity index (χ3n) is 2.52. The van der Waals surface area contributed by atoms with E-state index in [-0.39, 0.29) is 10.7 Å². The summed E-state index contributed by atoms with van der Waals surface area (Å²) in [4.78, 5) is 20.2. The summed E-state index contributed by atoms with van der Waals surface area (Å²) in [5.41, 5.74) is 1.74. The van der Waals surface area contributed by atoms with Crippen molar-refractivity contribution < 1.29 is 9.18 Å². The fourth-order valence-electron chi connectivity index (χ4n) is 1.72. The smallest absolute Gasteiger partial charge is 0.257 e. The number of hydrogen-bond donors (Lipinski definition) is 2. The minimum Gasteiger partial charge on any atom is -0.301 e. The normalized spacial score (nSPS) is 10.0. The highest BCUT2D eigenvalue weighted by molar-refractivity contribution is 7.80. The van der Waals surface area contributed by atoms with E-state index in [1.807, 2.05) is 19.9 Å². The fourth-order valence-corrected chi connectivity index (χ4v) is 1.90. The number of rotatable bonds is 2. The molecular weight excluding hydrogens is 291 g/mol. The van der Waals surface area contributed by atoms with Gasteiger partial charge in [-0.3, -0.25) is 10.1 Å². The number of anilines is 1. The van der Waals surface area contributed by atoms with Gasteiger partial charge >= 0.3 is 0 Å². The average Bonchev–Trinajstić information content (AvgIpc) is 2.37. The standard InChI is InChI=1S/C14H13FN4OS/c1-8-6-9(2)17-13(16-8)19-14(21)18-12(20)10-4-3-5-11(15)7-10/h3-7H,1-2H3,(H2,16,17,18,19,20,21). The van der Waals surface area contributed by atoms with Crippen molar-refractivity contribution in [2.24, 2.45) is 0 Å². The highest BCUT2D eigenvalue weighted by Gasteiger charge is 2.09. The van der Waals surface area contributed by atoms with Gasteiger partial charge in [0.2, 0.25) is 5.95 Å². The zero-order valence-corrected chi connectivity index (χ0v) is 12.3. The van der Waals surface area contributed by atoms with Crippen molar-refractivity contribution in [1.29, 1.82) is 0 Å². The molecule has 2 N–H and O–H groups in total. The van der Waals surface area contributed by atoms with Gasteiger partial charge in [-0.2, -0.15) is 0 Å². The Labute approximate surface area is 126 Å². The van der Waals surface area contributed by atoms with Crippen molar-refractivity contribution in [1.82, 2.24) is 15.3 Å². The molecule has 1 aromatic carbocycles. The fraction of sp³-hybridized carbons (Fsp3) is 0.143. The maximum absolute atomic E-state index is 13.1. The molecule has 5 nitrogen and oxygen atoms in total. The minimum atomic E-state index is -0.503. The first-order valence-corrected chi connectivity index (χ1v) is 6.55. The Kier molecular flexibility index (Phi) is 4.54. The molecule has 7 heteroatoms. The van der Waals surface area contributed by atoms with Gasteiger partial charge in [0.15, 0.2) is 5.11 Å². The summed E-state index contributed by atoms with van der Waals surface area (Å²) in [6.45, 7) is 3.66. The Morgan fingerprint density at radius 2 is 1.86 bits per heavy atom. The molecule has 0 saturated heterocycles. The molecule has 1 aromatic heterocycles. The Balaban J connectivity index is 2.03. The molecule has 1 heterocycles. The van der Waals surface area contributed by atoms with Gasteiger partial charge < -0.3 is 5.32 Å². The largest absolute Gasteiger partial charge is 0.301 e. The van der Waals surface area contributed by atoms with Crippen LogP contribution in [0.25, 0.3) is 0 Å². The van der Waals surface area contributed by atoms with Crippen LogP contribution in [0.4, 0.5) is 10.3 Å². The molecule has 0 aliphatic carbocycles. The maximum Gasteiger partial charge on any atom is 0.257 e. The number of amides is 1. The van der Waals surface area contributed by atoms with Gasteiger partial charge in [0, 0.05) is 17.0 Å². The zero-order valence-electron chi connectivity index (χ0n) is 11.5. The van der Waals surface area contributed by atoms with E-state index in [1.165, 1.54) is 18.2 Å². The Bertz CT molecular complexity index is 685. The highest BCUT2D eigenvalue weighted by Crippen LogP contribution is 2.05. The lowest BCUT2D eigenvalue weighted by atomic mass is 10.2. The lowest BCUT2D eigenvalue weighted by molar-refractivity contribution is 0.0977. The topological polar surface area (TPSA) is 66.9 Å². The van der Waals surface area contributed by atoms with E-state index in [0.717, 1.165) is 17.5 Å². The first-order chi connectivity index (χ1) is 9.94. The number of aromatic nitrogens is 2. The highest BCUT2D eigenvalue weighted by atomic mass is 32.1. The number of benzene rings is 1. The molecule has 0 saturated carbocycles. The Morgan fingerprint density at radius 1 is 1.19 bits per heavy atom. The van der Waals surface area contributed by atoms with Crippen LogP contribution in [0, 0.1) is 19.7 Å². The SMILES string of the molecule is Cc1cc(C)nc(NC(=S)NC(=O)c2cccc(F)c2)n1. The van der Waals surface area contributed by atoms with E-state index >= 15 is 0 Å². The number of halogens is 1. The summed E-state index contributed by atoms with van der Waals surface area (Å²) >= 11 is 5.01. The molecule has 2 aromatic rings. The number of aryl methyl sites for hydroxylation is 2. The second kappa shape index (κ2) is 6.36. The van der Waals surface area contributed by atoms with Crippen molar-refractivity contribution in [2.45, 2.75) is 13.8 Å². The van der Waals surface area contributed by atoms with Crippen LogP contribution in [-0.2, 0) is 0 Å². The first-order valence-electron chi connectivity index (χ1n) is 6.14. The van der Waals surface area contributed by atoms with Crippen molar-refractivity contribution in [2.75, 3.05) is 5.32 Å². The predicted octanol–water partition coefficient (Wildman–Crippen LogP) is 2.36. The summed E-state index contributed by atoms with van der Waals surface area (Å²) in [5, 5.41) is 5.22. The summed E-state index contributed by atoms with van der Waals surface area (Å²) in [5.74, 6) is -0.687. The molecule has 21 heavy (non-hydrogen) atoms.